The highest BCUT2D eigenvalue weighted by Crippen LogP contribution is 2.63. The van der Waals surface area contributed by atoms with Crippen molar-refractivity contribution in [3.63, 3.8) is 0 Å². The van der Waals surface area contributed by atoms with E-state index in [2.05, 4.69) is 48.4 Å². The monoisotopic (exact) mass is 329 g/mol. The number of rotatable bonds is 5. The van der Waals surface area contributed by atoms with Crippen molar-refractivity contribution in [1.29, 1.82) is 0 Å². The zero-order valence-corrected chi connectivity index (χ0v) is 14.6. The Bertz CT molecular complexity index is 708. The Morgan fingerprint density at radius 1 is 1.35 bits per heavy atom. The minimum Gasteiger partial charge on any atom is -0.350 e. The van der Waals surface area contributed by atoms with Crippen LogP contribution in [0, 0.1) is 18.3 Å². The lowest BCUT2D eigenvalue weighted by atomic mass is 10.0. The van der Waals surface area contributed by atoms with E-state index in [1.54, 1.807) is 0 Å². The van der Waals surface area contributed by atoms with E-state index in [1.165, 1.54) is 16.9 Å². The number of carbonyl (C=O) groups is 1. The smallest absolute Gasteiger partial charge is 0.271 e. The number of hydrogen-bond acceptors (Lipinski definition) is 4. The van der Waals surface area contributed by atoms with Crippen LogP contribution in [-0.2, 0) is 6.54 Å². The fraction of sp³-hybridized carbons (Fsp3) is 0.444. The van der Waals surface area contributed by atoms with Gasteiger partial charge in [0.2, 0.25) is 0 Å². The maximum Gasteiger partial charge on any atom is 0.271 e. The fourth-order valence-corrected chi connectivity index (χ4v) is 4.29. The first kappa shape index (κ1) is 16.1. The molecule has 122 valence electrons. The van der Waals surface area contributed by atoms with Gasteiger partial charge in [-0.2, -0.15) is 0 Å². The minimum absolute atomic E-state index is 0.0899. The van der Waals surface area contributed by atoms with Crippen LogP contribution in [0.5, 0.6) is 0 Å². The van der Waals surface area contributed by atoms with Gasteiger partial charge in [-0.05, 0) is 29.7 Å². The third kappa shape index (κ3) is 3.03. The van der Waals surface area contributed by atoms with E-state index < -0.39 is 0 Å². The van der Waals surface area contributed by atoms with Crippen LogP contribution in [0.1, 0.15) is 45.7 Å². The van der Waals surface area contributed by atoms with Gasteiger partial charge in [0.15, 0.2) is 0 Å². The number of carbonyl (C=O) groups excluding carboxylic acids is 1. The van der Waals surface area contributed by atoms with E-state index in [1.807, 2.05) is 13.0 Å². The third-order valence-corrected chi connectivity index (χ3v) is 5.92. The molecule has 1 aliphatic rings. The van der Waals surface area contributed by atoms with E-state index >= 15 is 0 Å². The molecule has 1 amide bonds. The molecule has 2 aromatic rings. The second-order valence-corrected chi connectivity index (χ2v) is 8.03. The summed E-state index contributed by atoms with van der Waals surface area (Å²) in [6.07, 6.45) is 0. The molecule has 3 N–H and O–H groups in total. The van der Waals surface area contributed by atoms with Crippen molar-refractivity contribution >= 4 is 17.2 Å². The van der Waals surface area contributed by atoms with Gasteiger partial charge in [0.25, 0.3) is 5.91 Å². The summed E-state index contributed by atoms with van der Waals surface area (Å²) in [5, 5.41) is 3.87. The Morgan fingerprint density at radius 3 is 2.65 bits per heavy atom. The van der Waals surface area contributed by atoms with Crippen LogP contribution in [0.15, 0.2) is 30.3 Å². The summed E-state index contributed by atoms with van der Waals surface area (Å²) in [5.74, 6) is 0.870. The van der Waals surface area contributed by atoms with Crippen molar-refractivity contribution in [2.24, 2.45) is 17.1 Å². The number of hydrogen-bond donors (Lipinski definition) is 2. The highest BCUT2D eigenvalue weighted by molar-refractivity contribution is 7.11. The lowest BCUT2D eigenvalue weighted by molar-refractivity contribution is 0.0945. The van der Waals surface area contributed by atoms with Gasteiger partial charge in [-0.3, -0.25) is 4.79 Å². The predicted molar refractivity (Wildman–Crippen MR) is 93.5 cm³/mol. The molecule has 0 radical (unpaired) electrons. The minimum atomic E-state index is -0.0899. The van der Waals surface area contributed by atoms with Crippen molar-refractivity contribution in [3.05, 3.63) is 51.5 Å². The van der Waals surface area contributed by atoms with Crippen molar-refractivity contribution < 1.29 is 4.79 Å². The number of nitrogens with one attached hydrogen (secondary N) is 1. The molecule has 5 heteroatoms. The molecule has 3 rings (SSSR count). The Labute approximate surface area is 141 Å². The molecule has 0 unspecified atom stereocenters. The molecule has 0 bridgehead atoms. The average Bonchev–Trinajstić information content (AvgIpc) is 2.88. The Morgan fingerprint density at radius 2 is 2.04 bits per heavy atom. The maximum atomic E-state index is 12.4. The normalized spacial score (nSPS) is 21.9. The van der Waals surface area contributed by atoms with E-state index in [4.69, 9.17) is 5.73 Å². The van der Waals surface area contributed by atoms with Gasteiger partial charge in [-0.25, -0.2) is 4.98 Å². The average molecular weight is 329 g/mol. The van der Waals surface area contributed by atoms with Crippen LogP contribution < -0.4 is 11.1 Å². The molecule has 1 fully saturated rings. The summed E-state index contributed by atoms with van der Waals surface area (Å²) in [4.78, 5) is 17.6. The van der Waals surface area contributed by atoms with Crippen LogP contribution in [-0.4, -0.2) is 17.4 Å². The van der Waals surface area contributed by atoms with Crippen LogP contribution in [0.2, 0.25) is 0 Å². The van der Waals surface area contributed by atoms with Crippen LogP contribution in [0.4, 0.5) is 0 Å². The van der Waals surface area contributed by atoms with Crippen LogP contribution in [0.3, 0.4) is 0 Å². The van der Waals surface area contributed by atoms with Crippen molar-refractivity contribution in [2.45, 2.75) is 33.2 Å². The molecule has 1 aliphatic carbocycles. The Kier molecular flexibility index (Phi) is 4.25. The lowest BCUT2D eigenvalue weighted by Crippen LogP contribution is -2.27. The highest BCUT2D eigenvalue weighted by atomic mass is 32.1. The summed E-state index contributed by atoms with van der Waals surface area (Å²) in [7, 11) is 0. The SMILES string of the molecule is Cc1sc(CN)nc1C(=O)NC[C@@H]1[C@@H](c2ccccc2)C1(C)C. The van der Waals surface area contributed by atoms with Crippen molar-refractivity contribution in [1.82, 2.24) is 10.3 Å². The van der Waals surface area contributed by atoms with Gasteiger partial charge in [-0.1, -0.05) is 44.2 Å². The molecule has 1 saturated carbocycles. The molecule has 0 saturated heterocycles. The molecular formula is C18H23N3OS. The standard InChI is InChI=1S/C18H23N3OS/c1-11-16(21-14(9-19)23-11)17(22)20-10-13-15(18(13,2)3)12-7-5-4-6-8-12/h4-8,13,15H,9-10,19H2,1-3H3,(H,20,22)/t13-,15-/m1/s1. The lowest BCUT2D eigenvalue weighted by Gasteiger charge is -2.05. The Hall–Kier alpha value is -1.72. The summed E-state index contributed by atoms with van der Waals surface area (Å²) in [5.41, 5.74) is 7.69. The Balaban J connectivity index is 1.64. The number of amides is 1. The molecular weight excluding hydrogens is 306 g/mol. The molecule has 1 heterocycles. The third-order valence-electron chi connectivity index (χ3n) is 4.92. The molecule has 4 nitrogen and oxygen atoms in total. The molecule has 23 heavy (non-hydrogen) atoms. The summed E-state index contributed by atoms with van der Waals surface area (Å²) in [6.45, 7) is 7.51. The predicted octanol–water partition coefficient (Wildman–Crippen LogP) is 3.08. The number of benzene rings is 1. The fourth-order valence-electron chi connectivity index (χ4n) is 3.48. The van der Waals surface area contributed by atoms with Gasteiger partial charge in [0, 0.05) is 18.0 Å². The molecule has 1 aromatic carbocycles. The van der Waals surface area contributed by atoms with Gasteiger partial charge in [-0.15, -0.1) is 11.3 Å². The van der Waals surface area contributed by atoms with Gasteiger partial charge >= 0.3 is 0 Å². The molecule has 2 atom stereocenters. The highest BCUT2D eigenvalue weighted by Gasteiger charge is 2.57. The van der Waals surface area contributed by atoms with Crippen molar-refractivity contribution in [2.75, 3.05) is 6.54 Å². The molecule has 1 aromatic heterocycles. The molecule has 0 aliphatic heterocycles. The van der Waals surface area contributed by atoms with E-state index in [-0.39, 0.29) is 11.3 Å². The number of thiazole rings is 1. The second-order valence-electron chi connectivity index (χ2n) is 6.74. The maximum absolute atomic E-state index is 12.4. The largest absolute Gasteiger partial charge is 0.350 e. The quantitative estimate of drug-likeness (QED) is 0.886. The topological polar surface area (TPSA) is 68.0 Å². The van der Waals surface area contributed by atoms with E-state index in [0.29, 0.717) is 30.6 Å². The molecule has 0 spiro atoms. The van der Waals surface area contributed by atoms with Gasteiger partial charge < -0.3 is 11.1 Å². The summed E-state index contributed by atoms with van der Waals surface area (Å²) in [6, 6.07) is 10.5. The number of aromatic nitrogens is 1. The van der Waals surface area contributed by atoms with Crippen molar-refractivity contribution in [3.8, 4) is 0 Å². The first-order valence-electron chi connectivity index (χ1n) is 7.94. The first-order chi connectivity index (χ1) is 10.9. The zero-order valence-electron chi connectivity index (χ0n) is 13.8. The van der Waals surface area contributed by atoms with Gasteiger partial charge in [0.05, 0.1) is 0 Å². The zero-order chi connectivity index (χ0) is 16.6. The second kappa shape index (κ2) is 6.06. The summed E-state index contributed by atoms with van der Waals surface area (Å²) >= 11 is 1.49. The summed E-state index contributed by atoms with van der Waals surface area (Å²) < 4.78 is 0. The number of nitrogens with two attached hydrogens (primary N) is 1. The van der Waals surface area contributed by atoms with Gasteiger partial charge in [0.1, 0.15) is 10.7 Å². The van der Waals surface area contributed by atoms with Crippen LogP contribution >= 0.6 is 11.3 Å². The number of nitrogens with zero attached hydrogens (tertiary/aromatic N) is 1. The number of aryl methyl sites for hydroxylation is 1. The van der Waals surface area contributed by atoms with E-state index in [0.717, 1.165) is 9.88 Å². The first-order valence-corrected chi connectivity index (χ1v) is 8.76. The van der Waals surface area contributed by atoms with E-state index in [9.17, 15) is 4.79 Å². The van der Waals surface area contributed by atoms with Crippen LogP contribution in [0.25, 0.3) is 0 Å².